The number of carbonyl (C=O) groups is 1. The fraction of sp³-hybridized carbons (Fsp3) is 0.348. The van der Waals surface area contributed by atoms with Crippen LogP contribution in [0.3, 0.4) is 0 Å². The van der Waals surface area contributed by atoms with E-state index >= 15 is 0 Å². The molecule has 1 aliphatic heterocycles. The van der Waals surface area contributed by atoms with E-state index in [4.69, 9.17) is 11.6 Å². The maximum atomic E-state index is 13.2. The van der Waals surface area contributed by atoms with E-state index in [2.05, 4.69) is 15.2 Å². The molecule has 1 N–H and O–H groups in total. The first-order valence-electron chi connectivity index (χ1n) is 10.7. The normalized spacial score (nSPS) is 16.6. The molecule has 8 nitrogen and oxygen atoms in total. The number of nitrogens with one attached hydrogen (secondary N) is 1. The van der Waals surface area contributed by atoms with Crippen LogP contribution in [0.4, 0.5) is 5.69 Å². The van der Waals surface area contributed by atoms with Gasteiger partial charge in [0.05, 0.1) is 16.0 Å². The largest absolute Gasteiger partial charge is 0.366 e. The van der Waals surface area contributed by atoms with Crippen LogP contribution in [0.25, 0.3) is 10.9 Å². The molecule has 1 amide bonds. The first-order chi connectivity index (χ1) is 15.7. The van der Waals surface area contributed by atoms with Crippen molar-refractivity contribution in [1.29, 1.82) is 0 Å². The predicted octanol–water partition coefficient (Wildman–Crippen LogP) is 2.38. The molecule has 0 radical (unpaired) electrons. The minimum Gasteiger partial charge on any atom is -0.366 e. The van der Waals surface area contributed by atoms with E-state index in [9.17, 15) is 18.0 Å². The Morgan fingerprint density at radius 1 is 1.21 bits per heavy atom. The van der Waals surface area contributed by atoms with Crippen molar-refractivity contribution in [1.82, 2.24) is 14.9 Å². The average Bonchev–Trinajstić information content (AvgIpc) is 3.57. The maximum absolute atomic E-state index is 13.2. The number of para-hydroxylation sites is 1. The van der Waals surface area contributed by atoms with Gasteiger partial charge in [-0.05, 0) is 36.6 Å². The lowest BCUT2D eigenvalue weighted by Crippen LogP contribution is -2.44. The van der Waals surface area contributed by atoms with Crippen molar-refractivity contribution in [3.63, 3.8) is 0 Å². The fourth-order valence-corrected chi connectivity index (χ4v) is 5.83. The lowest BCUT2D eigenvalue weighted by atomic mass is 10.1. The molecule has 33 heavy (non-hydrogen) atoms. The molecule has 3 aromatic rings. The van der Waals surface area contributed by atoms with Gasteiger partial charge in [-0.1, -0.05) is 29.8 Å². The summed E-state index contributed by atoms with van der Waals surface area (Å²) in [7, 11) is -3.17. The highest BCUT2D eigenvalue weighted by molar-refractivity contribution is 7.92. The molecule has 0 saturated heterocycles. The number of sulfone groups is 1. The highest BCUT2D eigenvalue weighted by atomic mass is 35.5. The molecule has 0 spiro atoms. The zero-order chi connectivity index (χ0) is 23.4. The fourth-order valence-electron chi connectivity index (χ4n) is 4.48. The van der Waals surface area contributed by atoms with Gasteiger partial charge in [0.15, 0.2) is 9.84 Å². The number of aromatic nitrogens is 2. The molecular weight excluding hydrogens is 464 g/mol. The van der Waals surface area contributed by atoms with Crippen molar-refractivity contribution in [2.24, 2.45) is 0 Å². The molecule has 5 rings (SSSR count). The Hall–Kier alpha value is -2.91. The number of benzene rings is 1. The first-order valence-corrected chi connectivity index (χ1v) is 13.0. The van der Waals surface area contributed by atoms with E-state index in [1.165, 1.54) is 6.26 Å². The molecule has 1 aromatic carbocycles. The van der Waals surface area contributed by atoms with Crippen LogP contribution < -0.4 is 15.8 Å². The molecule has 2 aromatic heterocycles. The highest BCUT2D eigenvalue weighted by Gasteiger charge is 2.53. The van der Waals surface area contributed by atoms with E-state index in [0.29, 0.717) is 37.6 Å². The highest BCUT2D eigenvalue weighted by Crippen LogP contribution is 2.45. The number of rotatable bonds is 6. The lowest BCUT2D eigenvalue weighted by Gasteiger charge is -2.34. The minimum atomic E-state index is -3.17. The zero-order valence-corrected chi connectivity index (χ0v) is 19.6. The monoisotopic (exact) mass is 486 g/mol. The van der Waals surface area contributed by atoms with Crippen LogP contribution in [0.2, 0.25) is 5.15 Å². The molecular formula is C23H23ClN4O4S. The smallest absolute Gasteiger partial charge is 0.264 e. The van der Waals surface area contributed by atoms with Crippen LogP contribution in [0.1, 0.15) is 28.8 Å². The van der Waals surface area contributed by atoms with Crippen molar-refractivity contribution in [3.8, 4) is 0 Å². The van der Waals surface area contributed by atoms with E-state index in [1.54, 1.807) is 29.0 Å². The van der Waals surface area contributed by atoms with E-state index in [0.717, 1.165) is 22.2 Å². The van der Waals surface area contributed by atoms with Gasteiger partial charge in [-0.2, -0.15) is 0 Å². The van der Waals surface area contributed by atoms with Gasteiger partial charge in [-0.3, -0.25) is 9.59 Å². The number of amides is 1. The number of nitrogens with zero attached hydrogens (tertiary/aromatic N) is 3. The maximum Gasteiger partial charge on any atom is 0.264 e. The summed E-state index contributed by atoms with van der Waals surface area (Å²) in [5.74, 6) is -0.456. The van der Waals surface area contributed by atoms with Gasteiger partial charge in [0.25, 0.3) is 11.5 Å². The van der Waals surface area contributed by atoms with Crippen LogP contribution in [0.15, 0.2) is 47.4 Å². The number of hydrogen-bond donors (Lipinski definition) is 1. The topological polar surface area (TPSA) is 101 Å². The second kappa shape index (κ2) is 7.85. The molecule has 0 unspecified atom stereocenters. The third kappa shape index (κ3) is 3.89. The summed E-state index contributed by atoms with van der Waals surface area (Å²) in [5, 5.41) is 3.91. The van der Waals surface area contributed by atoms with Crippen LogP contribution in [0, 0.1) is 0 Å². The van der Waals surface area contributed by atoms with Crippen LogP contribution in [-0.2, 0) is 22.9 Å². The second-order valence-corrected chi connectivity index (χ2v) is 11.6. The van der Waals surface area contributed by atoms with E-state index < -0.39 is 20.5 Å². The quantitative estimate of drug-likeness (QED) is 0.537. The van der Waals surface area contributed by atoms with Gasteiger partial charge >= 0.3 is 0 Å². The first kappa shape index (κ1) is 21.9. The van der Waals surface area contributed by atoms with Crippen LogP contribution >= 0.6 is 11.6 Å². The second-order valence-electron chi connectivity index (χ2n) is 8.78. The summed E-state index contributed by atoms with van der Waals surface area (Å²) in [6.07, 6.45) is 4.19. The Morgan fingerprint density at radius 2 is 2.00 bits per heavy atom. The standard InChI is InChI=1S/C23H23ClN4O4S/c1-33(31,32)23(7-8-23)14-27-9-10-28-20-16(3-2-4-18(20)27)11-17(22(28)30)21(29)26-13-15-5-6-19(24)25-12-15/h2-6,11-12H,7-10,13-14H2,1H3,(H,26,29). The molecule has 2 aliphatic rings. The number of anilines is 1. The van der Waals surface area contributed by atoms with Gasteiger partial charge in [0.2, 0.25) is 0 Å². The molecule has 1 aliphatic carbocycles. The molecule has 1 saturated carbocycles. The Labute approximate surface area is 196 Å². The summed E-state index contributed by atoms with van der Waals surface area (Å²) in [6, 6.07) is 10.6. The summed E-state index contributed by atoms with van der Waals surface area (Å²) >= 11 is 5.79. The third-order valence-corrected chi connectivity index (χ3v) is 8.92. The Kier molecular flexibility index (Phi) is 5.21. The molecule has 10 heteroatoms. The van der Waals surface area contributed by atoms with Gasteiger partial charge in [-0.25, -0.2) is 13.4 Å². The van der Waals surface area contributed by atoms with E-state index in [1.807, 2.05) is 18.2 Å². The van der Waals surface area contributed by atoms with Gasteiger partial charge in [-0.15, -0.1) is 0 Å². The molecule has 1 fully saturated rings. The third-order valence-electron chi connectivity index (χ3n) is 6.59. The van der Waals surface area contributed by atoms with Crippen molar-refractivity contribution in [2.75, 3.05) is 24.2 Å². The SMILES string of the molecule is CS(=O)(=O)C1(CN2CCn3c(=O)c(C(=O)NCc4ccc(Cl)nc4)cc4cccc2c43)CC1. The van der Waals surface area contributed by atoms with Crippen LogP contribution in [0.5, 0.6) is 0 Å². The summed E-state index contributed by atoms with van der Waals surface area (Å²) in [5.41, 5.74) is 2.05. The molecule has 0 bridgehead atoms. The summed E-state index contributed by atoms with van der Waals surface area (Å²) < 4.78 is 25.5. The zero-order valence-electron chi connectivity index (χ0n) is 18.0. The minimum absolute atomic E-state index is 0.0739. The van der Waals surface area contributed by atoms with Crippen molar-refractivity contribution < 1.29 is 13.2 Å². The van der Waals surface area contributed by atoms with Gasteiger partial charge < -0.3 is 14.8 Å². The van der Waals surface area contributed by atoms with Crippen molar-refractivity contribution in [3.05, 3.63) is 69.2 Å². The lowest BCUT2D eigenvalue weighted by molar-refractivity contribution is 0.0949. The number of pyridine rings is 2. The van der Waals surface area contributed by atoms with Gasteiger partial charge in [0, 0.05) is 44.0 Å². The average molecular weight is 487 g/mol. The van der Waals surface area contributed by atoms with Crippen LogP contribution in [-0.4, -0.2) is 48.0 Å². The Balaban J connectivity index is 1.46. The summed E-state index contributed by atoms with van der Waals surface area (Å²) in [4.78, 5) is 32.1. The number of carbonyl (C=O) groups excluding carboxylic acids is 1. The molecule has 3 heterocycles. The molecule has 172 valence electrons. The van der Waals surface area contributed by atoms with Gasteiger partial charge in [0.1, 0.15) is 10.7 Å². The number of halogens is 1. The molecule has 0 atom stereocenters. The van der Waals surface area contributed by atoms with Crippen molar-refractivity contribution >= 4 is 43.9 Å². The van der Waals surface area contributed by atoms with Crippen molar-refractivity contribution in [2.45, 2.75) is 30.7 Å². The van der Waals surface area contributed by atoms with E-state index in [-0.39, 0.29) is 17.7 Å². The summed E-state index contributed by atoms with van der Waals surface area (Å²) in [6.45, 7) is 1.53. The number of hydrogen-bond acceptors (Lipinski definition) is 6. The predicted molar refractivity (Wildman–Crippen MR) is 128 cm³/mol. The Morgan fingerprint density at radius 3 is 2.67 bits per heavy atom. The Bertz CT molecular complexity index is 1430.